The number of ether oxygens (including phenoxy) is 3. The van der Waals surface area contributed by atoms with E-state index in [1.54, 1.807) is 19.3 Å². The molecule has 30 heavy (non-hydrogen) atoms. The van der Waals surface area contributed by atoms with Crippen molar-refractivity contribution in [1.82, 2.24) is 9.80 Å². The number of hydrogen-bond acceptors (Lipinski definition) is 5. The van der Waals surface area contributed by atoms with Crippen LogP contribution in [0.4, 0.5) is 0 Å². The first-order valence-electron chi connectivity index (χ1n) is 10.2. The van der Waals surface area contributed by atoms with Crippen LogP contribution in [0.15, 0.2) is 42.5 Å². The van der Waals surface area contributed by atoms with E-state index in [-0.39, 0.29) is 5.91 Å². The fraction of sp³-hybridized carbons (Fsp3) is 0.375. The predicted molar refractivity (Wildman–Crippen MR) is 118 cm³/mol. The van der Waals surface area contributed by atoms with Crippen LogP contribution in [0.2, 0.25) is 0 Å². The van der Waals surface area contributed by atoms with Crippen LogP contribution in [0, 0.1) is 0 Å². The molecule has 2 aromatic carbocycles. The number of likely N-dealkylation sites (N-methyl/N-ethyl adjacent to an activating group) is 1. The second-order valence-electron chi connectivity index (χ2n) is 7.49. The summed E-state index contributed by atoms with van der Waals surface area (Å²) in [7, 11) is 5.69. The molecule has 6 nitrogen and oxygen atoms in total. The number of methoxy groups -OCH3 is 1. The SMILES string of the molecule is CCN(Cc1ccc(CN(C)C)cc1)C(=O)/C=C/c1cc(OC)c2c(c1)OCCO2. The van der Waals surface area contributed by atoms with Crippen LogP contribution in [0.25, 0.3) is 6.08 Å². The van der Waals surface area contributed by atoms with Crippen molar-refractivity contribution in [2.24, 2.45) is 0 Å². The molecule has 1 aliphatic heterocycles. The molecule has 160 valence electrons. The van der Waals surface area contributed by atoms with Gasteiger partial charge in [0, 0.05) is 25.7 Å². The standard InChI is InChI=1S/C24H30N2O4/c1-5-26(17-19-8-6-18(7-9-19)16-25(2)3)23(27)11-10-20-14-21(28-4)24-22(15-20)29-12-13-30-24/h6-11,14-15H,5,12-13,16-17H2,1-4H3/b11-10+. The molecule has 1 amide bonds. The van der Waals surface area contributed by atoms with Crippen molar-refractivity contribution in [3.63, 3.8) is 0 Å². The van der Waals surface area contributed by atoms with Gasteiger partial charge >= 0.3 is 0 Å². The van der Waals surface area contributed by atoms with Gasteiger partial charge in [-0.3, -0.25) is 4.79 Å². The lowest BCUT2D eigenvalue weighted by Gasteiger charge is -2.21. The highest BCUT2D eigenvalue weighted by Gasteiger charge is 2.18. The lowest BCUT2D eigenvalue weighted by atomic mass is 10.1. The van der Waals surface area contributed by atoms with Crippen molar-refractivity contribution < 1.29 is 19.0 Å². The van der Waals surface area contributed by atoms with E-state index in [4.69, 9.17) is 14.2 Å². The lowest BCUT2D eigenvalue weighted by Crippen LogP contribution is -2.28. The van der Waals surface area contributed by atoms with E-state index in [2.05, 4.69) is 43.3 Å². The topological polar surface area (TPSA) is 51.2 Å². The Morgan fingerprint density at radius 3 is 2.37 bits per heavy atom. The first-order valence-corrected chi connectivity index (χ1v) is 10.2. The van der Waals surface area contributed by atoms with E-state index in [0.717, 1.165) is 17.7 Å². The van der Waals surface area contributed by atoms with Crippen molar-refractivity contribution in [2.75, 3.05) is 41.0 Å². The molecule has 0 radical (unpaired) electrons. The molecule has 0 N–H and O–H groups in total. The maximum Gasteiger partial charge on any atom is 0.246 e. The summed E-state index contributed by atoms with van der Waals surface area (Å²) in [5.74, 6) is 1.81. The zero-order valence-corrected chi connectivity index (χ0v) is 18.2. The molecule has 1 aliphatic rings. The second kappa shape index (κ2) is 10.2. The number of hydrogen-bond donors (Lipinski definition) is 0. The summed E-state index contributed by atoms with van der Waals surface area (Å²) < 4.78 is 16.7. The summed E-state index contributed by atoms with van der Waals surface area (Å²) in [6, 6.07) is 12.1. The quantitative estimate of drug-likeness (QED) is 0.623. The van der Waals surface area contributed by atoms with E-state index in [0.29, 0.717) is 43.6 Å². The van der Waals surface area contributed by atoms with E-state index >= 15 is 0 Å². The van der Waals surface area contributed by atoms with Gasteiger partial charge in [0.05, 0.1) is 7.11 Å². The normalized spacial score (nSPS) is 13.0. The largest absolute Gasteiger partial charge is 0.493 e. The van der Waals surface area contributed by atoms with Gasteiger partial charge in [0.2, 0.25) is 11.7 Å². The minimum atomic E-state index is -0.0382. The Balaban J connectivity index is 1.68. The molecule has 3 rings (SSSR count). The molecule has 0 bridgehead atoms. The Hall–Kier alpha value is -2.99. The Morgan fingerprint density at radius 1 is 1.07 bits per heavy atom. The van der Waals surface area contributed by atoms with Crippen LogP contribution in [-0.4, -0.2) is 56.7 Å². The average Bonchev–Trinajstić information content (AvgIpc) is 2.75. The number of nitrogens with zero attached hydrogens (tertiary/aromatic N) is 2. The summed E-state index contributed by atoms with van der Waals surface area (Å²) in [5.41, 5.74) is 3.20. The van der Waals surface area contributed by atoms with Gasteiger partial charge in [0.15, 0.2) is 11.5 Å². The molecule has 0 saturated heterocycles. The molecule has 6 heteroatoms. The Labute approximate surface area is 178 Å². The van der Waals surface area contributed by atoms with Gasteiger partial charge < -0.3 is 24.0 Å². The molecule has 0 unspecified atom stereocenters. The number of carbonyl (C=O) groups is 1. The summed E-state index contributed by atoms with van der Waals surface area (Å²) in [6.45, 7) is 5.09. The van der Waals surface area contributed by atoms with E-state index in [1.807, 2.05) is 24.0 Å². The van der Waals surface area contributed by atoms with Crippen molar-refractivity contribution in [3.8, 4) is 17.2 Å². The Morgan fingerprint density at radius 2 is 1.73 bits per heavy atom. The molecule has 0 aromatic heterocycles. The number of amides is 1. The lowest BCUT2D eigenvalue weighted by molar-refractivity contribution is -0.126. The maximum absolute atomic E-state index is 12.8. The molecule has 2 aromatic rings. The Kier molecular flexibility index (Phi) is 7.36. The van der Waals surface area contributed by atoms with Crippen LogP contribution >= 0.6 is 0 Å². The smallest absolute Gasteiger partial charge is 0.246 e. The van der Waals surface area contributed by atoms with Crippen molar-refractivity contribution in [1.29, 1.82) is 0 Å². The molecule has 0 spiro atoms. The third-order valence-corrected chi connectivity index (χ3v) is 4.86. The highest BCUT2D eigenvalue weighted by molar-refractivity contribution is 5.92. The number of fused-ring (bicyclic) bond motifs is 1. The number of rotatable bonds is 8. The van der Waals surface area contributed by atoms with Crippen molar-refractivity contribution >= 4 is 12.0 Å². The van der Waals surface area contributed by atoms with Crippen LogP contribution < -0.4 is 14.2 Å². The van der Waals surface area contributed by atoms with Crippen LogP contribution in [0.5, 0.6) is 17.2 Å². The highest BCUT2D eigenvalue weighted by atomic mass is 16.6. The predicted octanol–water partition coefficient (Wildman–Crippen LogP) is 3.59. The number of carbonyl (C=O) groups excluding carboxylic acids is 1. The minimum Gasteiger partial charge on any atom is -0.493 e. The molecule has 1 heterocycles. The summed E-state index contributed by atoms with van der Waals surface area (Å²) in [6.07, 6.45) is 3.38. The fourth-order valence-corrected chi connectivity index (χ4v) is 3.34. The fourth-order valence-electron chi connectivity index (χ4n) is 3.34. The molecule has 0 atom stereocenters. The minimum absolute atomic E-state index is 0.0382. The first-order chi connectivity index (χ1) is 14.5. The van der Waals surface area contributed by atoms with E-state index < -0.39 is 0 Å². The Bertz CT molecular complexity index is 874. The zero-order chi connectivity index (χ0) is 21.5. The van der Waals surface area contributed by atoms with Gasteiger partial charge in [-0.1, -0.05) is 24.3 Å². The van der Waals surface area contributed by atoms with E-state index in [1.165, 1.54) is 5.56 Å². The average molecular weight is 411 g/mol. The molecular formula is C24H30N2O4. The van der Waals surface area contributed by atoms with Crippen molar-refractivity contribution in [3.05, 3.63) is 59.2 Å². The van der Waals surface area contributed by atoms with Crippen LogP contribution in [0.1, 0.15) is 23.6 Å². The first kappa shape index (κ1) is 21.7. The van der Waals surface area contributed by atoms with Gasteiger partial charge in [-0.15, -0.1) is 0 Å². The maximum atomic E-state index is 12.8. The van der Waals surface area contributed by atoms with E-state index in [9.17, 15) is 4.79 Å². The molecular weight excluding hydrogens is 380 g/mol. The summed E-state index contributed by atoms with van der Waals surface area (Å²) in [5, 5.41) is 0. The van der Waals surface area contributed by atoms with Crippen LogP contribution in [0.3, 0.4) is 0 Å². The third kappa shape index (κ3) is 5.54. The zero-order valence-electron chi connectivity index (χ0n) is 18.2. The highest BCUT2D eigenvalue weighted by Crippen LogP contribution is 2.40. The van der Waals surface area contributed by atoms with Crippen molar-refractivity contribution in [2.45, 2.75) is 20.0 Å². The van der Waals surface area contributed by atoms with Gasteiger partial charge in [-0.2, -0.15) is 0 Å². The third-order valence-electron chi connectivity index (χ3n) is 4.86. The molecule has 0 saturated carbocycles. The summed E-state index contributed by atoms with van der Waals surface area (Å²) >= 11 is 0. The van der Waals surface area contributed by atoms with Gasteiger partial charge in [-0.05, 0) is 55.9 Å². The monoisotopic (exact) mass is 410 g/mol. The molecule has 0 fully saturated rings. The van der Waals surface area contributed by atoms with Crippen LogP contribution in [-0.2, 0) is 17.9 Å². The van der Waals surface area contributed by atoms with Gasteiger partial charge in [0.1, 0.15) is 13.2 Å². The van der Waals surface area contributed by atoms with Gasteiger partial charge in [0.25, 0.3) is 0 Å². The summed E-state index contributed by atoms with van der Waals surface area (Å²) in [4.78, 5) is 16.7. The molecule has 0 aliphatic carbocycles. The van der Waals surface area contributed by atoms with Gasteiger partial charge in [-0.25, -0.2) is 0 Å². The number of benzene rings is 2. The second-order valence-corrected chi connectivity index (χ2v) is 7.49.